The molecule has 8 nitrogen and oxygen atoms in total. The van der Waals surface area contributed by atoms with Crippen molar-refractivity contribution in [1.29, 1.82) is 0 Å². The topological polar surface area (TPSA) is 75.0 Å². The molecule has 0 spiro atoms. The van der Waals surface area contributed by atoms with E-state index < -0.39 is 0 Å². The molecule has 1 aromatic carbocycles. The quantitative estimate of drug-likeness (QED) is 0.594. The number of piperazine rings is 1. The van der Waals surface area contributed by atoms with Gasteiger partial charge in [-0.1, -0.05) is 32.0 Å². The Morgan fingerprint density at radius 1 is 1.31 bits per heavy atom. The lowest BCUT2D eigenvalue weighted by atomic mass is 10.2. The van der Waals surface area contributed by atoms with E-state index in [4.69, 9.17) is 4.74 Å². The molecule has 1 aliphatic heterocycles. The smallest absolute Gasteiger partial charge is 0.246 e. The largest absolute Gasteiger partial charge is 0.493 e. The summed E-state index contributed by atoms with van der Waals surface area (Å²) >= 11 is 0. The molecular weight excluding hydrogens is 368 g/mol. The van der Waals surface area contributed by atoms with Crippen molar-refractivity contribution in [2.24, 2.45) is 18.0 Å². The maximum absolute atomic E-state index is 12.7. The van der Waals surface area contributed by atoms with Crippen LogP contribution in [0.5, 0.6) is 5.75 Å². The normalized spacial score (nSPS) is 15.2. The fourth-order valence-corrected chi connectivity index (χ4v) is 3.23. The van der Waals surface area contributed by atoms with Crippen molar-refractivity contribution in [2.75, 3.05) is 38.2 Å². The SMILES string of the molecule is CN=C(NCc1ccccc1OCC(C)C)N1CCN(c2cnn(C)c2)C(=O)C1. The molecule has 1 amide bonds. The van der Waals surface area contributed by atoms with Gasteiger partial charge in [-0.3, -0.25) is 14.5 Å². The minimum Gasteiger partial charge on any atom is -0.493 e. The second-order valence-corrected chi connectivity index (χ2v) is 7.55. The third kappa shape index (κ3) is 5.28. The van der Waals surface area contributed by atoms with Crippen molar-refractivity contribution in [2.45, 2.75) is 20.4 Å². The molecule has 2 heterocycles. The first-order valence-electron chi connectivity index (χ1n) is 9.93. The highest BCUT2D eigenvalue weighted by Gasteiger charge is 2.27. The number of aliphatic imine (C=N–C) groups is 1. The fourth-order valence-electron chi connectivity index (χ4n) is 3.23. The Labute approximate surface area is 172 Å². The van der Waals surface area contributed by atoms with E-state index in [1.807, 2.05) is 42.4 Å². The molecule has 0 saturated carbocycles. The number of hydrogen-bond acceptors (Lipinski definition) is 4. The van der Waals surface area contributed by atoms with Crippen molar-refractivity contribution in [3.63, 3.8) is 0 Å². The first-order valence-corrected chi connectivity index (χ1v) is 9.93. The van der Waals surface area contributed by atoms with Crippen molar-refractivity contribution in [3.8, 4) is 5.75 Å². The van der Waals surface area contributed by atoms with Crippen LogP contribution in [0.3, 0.4) is 0 Å². The number of aryl methyl sites for hydroxylation is 1. The summed E-state index contributed by atoms with van der Waals surface area (Å²) in [7, 11) is 3.58. The molecule has 156 valence electrons. The Balaban J connectivity index is 1.60. The Morgan fingerprint density at radius 3 is 2.76 bits per heavy atom. The molecule has 8 heteroatoms. The molecule has 1 aromatic heterocycles. The predicted octanol–water partition coefficient (Wildman–Crippen LogP) is 1.88. The van der Waals surface area contributed by atoms with Crippen LogP contribution in [0.15, 0.2) is 41.7 Å². The Hall–Kier alpha value is -3.03. The lowest BCUT2D eigenvalue weighted by molar-refractivity contribution is -0.120. The summed E-state index contributed by atoms with van der Waals surface area (Å²) in [4.78, 5) is 20.8. The molecule has 1 fully saturated rings. The zero-order chi connectivity index (χ0) is 20.8. The van der Waals surface area contributed by atoms with Crippen LogP contribution < -0.4 is 15.0 Å². The Morgan fingerprint density at radius 2 is 2.10 bits per heavy atom. The lowest BCUT2D eigenvalue weighted by Gasteiger charge is -2.35. The summed E-state index contributed by atoms with van der Waals surface area (Å²) in [5, 5.41) is 7.53. The van der Waals surface area contributed by atoms with Crippen LogP contribution in [0.25, 0.3) is 0 Å². The maximum Gasteiger partial charge on any atom is 0.246 e. The van der Waals surface area contributed by atoms with E-state index in [2.05, 4.69) is 29.3 Å². The van der Waals surface area contributed by atoms with Gasteiger partial charge in [0, 0.05) is 45.5 Å². The standard InChI is InChI=1S/C21H30N6O2/c1-16(2)15-29-19-8-6-5-7-17(19)11-23-21(22-3)26-9-10-27(20(28)14-26)18-12-24-25(4)13-18/h5-8,12-13,16H,9-11,14-15H2,1-4H3,(H,22,23). The molecule has 1 aliphatic rings. The van der Waals surface area contributed by atoms with Gasteiger partial charge in [-0.15, -0.1) is 0 Å². The number of benzene rings is 1. The van der Waals surface area contributed by atoms with E-state index >= 15 is 0 Å². The summed E-state index contributed by atoms with van der Waals surface area (Å²) in [6, 6.07) is 8.00. The minimum atomic E-state index is 0.0351. The van der Waals surface area contributed by atoms with Gasteiger partial charge in [0.1, 0.15) is 12.3 Å². The summed E-state index contributed by atoms with van der Waals surface area (Å²) in [5.41, 5.74) is 1.89. The molecule has 0 unspecified atom stereocenters. The molecule has 0 atom stereocenters. The third-order valence-electron chi connectivity index (χ3n) is 4.72. The summed E-state index contributed by atoms with van der Waals surface area (Å²) in [6.45, 7) is 7.09. The van der Waals surface area contributed by atoms with Gasteiger partial charge in [-0.2, -0.15) is 5.10 Å². The van der Waals surface area contributed by atoms with Crippen LogP contribution >= 0.6 is 0 Å². The highest BCUT2D eigenvalue weighted by atomic mass is 16.5. The predicted molar refractivity (Wildman–Crippen MR) is 114 cm³/mol. The number of nitrogens with one attached hydrogen (secondary N) is 1. The second kappa shape index (κ2) is 9.45. The molecule has 29 heavy (non-hydrogen) atoms. The zero-order valence-corrected chi connectivity index (χ0v) is 17.6. The van der Waals surface area contributed by atoms with E-state index in [-0.39, 0.29) is 12.5 Å². The number of nitrogens with zero attached hydrogens (tertiary/aromatic N) is 5. The summed E-state index contributed by atoms with van der Waals surface area (Å²) in [5.74, 6) is 2.09. The van der Waals surface area contributed by atoms with Crippen LogP contribution in [0.4, 0.5) is 5.69 Å². The number of carbonyl (C=O) groups excluding carboxylic acids is 1. The number of anilines is 1. The maximum atomic E-state index is 12.7. The molecule has 0 aliphatic carbocycles. The van der Waals surface area contributed by atoms with E-state index in [1.165, 1.54) is 0 Å². The van der Waals surface area contributed by atoms with Gasteiger partial charge in [0.15, 0.2) is 5.96 Å². The number of aromatic nitrogens is 2. The number of ether oxygens (including phenoxy) is 1. The van der Waals surface area contributed by atoms with Crippen molar-refractivity contribution >= 4 is 17.6 Å². The number of hydrogen-bond donors (Lipinski definition) is 1. The number of guanidine groups is 1. The lowest BCUT2D eigenvalue weighted by Crippen LogP contribution is -2.55. The number of carbonyl (C=O) groups is 1. The van der Waals surface area contributed by atoms with Crippen LogP contribution in [0.1, 0.15) is 19.4 Å². The van der Waals surface area contributed by atoms with Crippen LogP contribution in [0, 0.1) is 5.92 Å². The van der Waals surface area contributed by atoms with E-state index in [9.17, 15) is 4.79 Å². The number of rotatable bonds is 6. The van der Waals surface area contributed by atoms with Crippen molar-refractivity contribution < 1.29 is 9.53 Å². The van der Waals surface area contributed by atoms with Gasteiger partial charge in [-0.05, 0) is 12.0 Å². The van der Waals surface area contributed by atoms with E-state index in [1.54, 1.807) is 22.8 Å². The highest BCUT2D eigenvalue weighted by molar-refractivity contribution is 5.98. The van der Waals surface area contributed by atoms with E-state index in [0.717, 1.165) is 17.0 Å². The van der Waals surface area contributed by atoms with Gasteiger partial charge in [0.05, 0.1) is 18.5 Å². The van der Waals surface area contributed by atoms with Crippen LogP contribution in [-0.4, -0.2) is 59.8 Å². The van der Waals surface area contributed by atoms with Crippen molar-refractivity contribution in [3.05, 3.63) is 42.2 Å². The average molecular weight is 399 g/mol. The van der Waals surface area contributed by atoms with Gasteiger partial charge in [-0.25, -0.2) is 0 Å². The van der Waals surface area contributed by atoms with Crippen molar-refractivity contribution in [1.82, 2.24) is 20.0 Å². The summed E-state index contributed by atoms with van der Waals surface area (Å²) in [6.07, 6.45) is 3.57. The molecule has 1 N–H and O–H groups in total. The first-order chi connectivity index (χ1) is 14.0. The fraction of sp³-hybridized carbons (Fsp3) is 0.476. The van der Waals surface area contributed by atoms with Crippen LogP contribution in [0.2, 0.25) is 0 Å². The van der Waals surface area contributed by atoms with E-state index in [0.29, 0.717) is 38.1 Å². The second-order valence-electron chi connectivity index (χ2n) is 7.55. The number of amides is 1. The van der Waals surface area contributed by atoms with Gasteiger partial charge in [0.2, 0.25) is 5.91 Å². The first kappa shape index (κ1) is 20.7. The molecule has 0 radical (unpaired) electrons. The molecule has 1 saturated heterocycles. The number of para-hydroxylation sites is 1. The van der Waals surface area contributed by atoms with Crippen LogP contribution in [-0.2, 0) is 18.4 Å². The Bertz CT molecular complexity index is 860. The third-order valence-corrected chi connectivity index (χ3v) is 4.72. The molecule has 3 rings (SSSR count). The zero-order valence-electron chi connectivity index (χ0n) is 17.6. The highest BCUT2D eigenvalue weighted by Crippen LogP contribution is 2.19. The minimum absolute atomic E-state index is 0.0351. The van der Waals surface area contributed by atoms with Gasteiger partial charge < -0.3 is 19.9 Å². The monoisotopic (exact) mass is 398 g/mol. The molecular formula is C21H30N6O2. The molecule has 0 bridgehead atoms. The summed E-state index contributed by atoms with van der Waals surface area (Å²) < 4.78 is 7.63. The Kier molecular flexibility index (Phi) is 6.74. The molecule has 2 aromatic rings. The van der Waals surface area contributed by atoms with Gasteiger partial charge >= 0.3 is 0 Å². The average Bonchev–Trinajstić information content (AvgIpc) is 3.13. The van der Waals surface area contributed by atoms with Gasteiger partial charge in [0.25, 0.3) is 0 Å².